The van der Waals surface area contributed by atoms with Gasteiger partial charge in [0.2, 0.25) is 5.91 Å². The van der Waals surface area contributed by atoms with E-state index in [4.69, 9.17) is 17.0 Å². The number of ether oxygens (including phenoxy) is 1. The molecule has 2 amide bonds. The largest absolute Gasteiger partial charge is 0.455 e. The number of esters is 1. The van der Waals surface area contributed by atoms with E-state index in [0.717, 1.165) is 18.4 Å². The predicted molar refractivity (Wildman–Crippen MR) is 98.1 cm³/mol. The summed E-state index contributed by atoms with van der Waals surface area (Å²) in [6.07, 6.45) is 1.48. The van der Waals surface area contributed by atoms with E-state index in [9.17, 15) is 14.4 Å². The Morgan fingerprint density at radius 2 is 2.00 bits per heavy atom. The van der Waals surface area contributed by atoms with Crippen molar-refractivity contribution in [1.82, 2.24) is 10.2 Å². The standard InChI is InChI=1S/C17H18N2O4S2/c20-13(18-8-9-19-14(21)11-25-16(19)24)10-23-15(22)17(6-7-17)12-4-2-1-3-5-12/h1-5H,6-11H2,(H,18,20). The van der Waals surface area contributed by atoms with Crippen molar-refractivity contribution in [3.63, 3.8) is 0 Å². The van der Waals surface area contributed by atoms with Crippen molar-refractivity contribution in [3.8, 4) is 0 Å². The number of rotatable bonds is 7. The number of thioether (sulfide) groups is 1. The van der Waals surface area contributed by atoms with Crippen LogP contribution < -0.4 is 5.32 Å². The van der Waals surface area contributed by atoms with Gasteiger partial charge in [0.05, 0.1) is 11.2 Å². The minimum Gasteiger partial charge on any atom is -0.455 e. The van der Waals surface area contributed by atoms with E-state index in [2.05, 4.69) is 5.32 Å². The molecule has 1 aromatic rings. The highest BCUT2D eigenvalue weighted by molar-refractivity contribution is 8.23. The molecule has 2 fully saturated rings. The third-order valence-electron chi connectivity index (χ3n) is 4.30. The van der Waals surface area contributed by atoms with Gasteiger partial charge in [-0.1, -0.05) is 54.3 Å². The second-order valence-corrected chi connectivity index (χ2v) is 7.58. The summed E-state index contributed by atoms with van der Waals surface area (Å²) in [5.41, 5.74) is 0.339. The molecule has 6 nitrogen and oxygen atoms in total. The Balaban J connectivity index is 1.41. The van der Waals surface area contributed by atoms with Gasteiger partial charge in [0.1, 0.15) is 4.32 Å². The third kappa shape index (κ3) is 4.01. The molecule has 2 aliphatic rings. The zero-order valence-electron chi connectivity index (χ0n) is 13.5. The fraction of sp³-hybridized carbons (Fsp3) is 0.412. The summed E-state index contributed by atoms with van der Waals surface area (Å²) in [6.45, 7) is 0.283. The quantitative estimate of drug-likeness (QED) is 0.568. The Hall–Kier alpha value is -1.93. The molecule has 0 bridgehead atoms. The summed E-state index contributed by atoms with van der Waals surface area (Å²) in [5.74, 6) is -0.441. The summed E-state index contributed by atoms with van der Waals surface area (Å²) in [7, 11) is 0. The monoisotopic (exact) mass is 378 g/mol. The fourth-order valence-corrected chi connectivity index (χ4v) is 3.84. The second-order valence-electron chi connectivity index (χ2n) is 5.97. The molecule has 3 rings (SSSR count). The number of thiocarbonyl (C=S) groups is 1. The van der Waals surface area contributed by atoms with Crippen LogP contribution in [0.3, 0.4) is 0 Å². The van der Waals surface area contributed by atoms with Gasteiger partial charge in [0.15, 0.2) is 6.61 Å². The van der Waals surface area contributed by atoms with E-state index in [1.165, 1.54) is 16.7 Å². The highest BCUT2D eigenvalue weighted by Crippen LogP contribution is 2.49. The highest BCUT2D eigenvalue weighted by Gasteiger charge is 2.52. The van der Waals surface area contributed by atoms with Crippen LogP contribution in [0.15, 0.2) is 30.3 Å². The Kier molecular flexibility index (Phi) is 5.39. The average Bonchev–Trinajstić information content (AvgIpc) is 3.38. The molecule has 1 aromatic carbocycles. The number of carbonyl (C=O) groups is 3. The van der Waals surface area contributed by atoms with E-state index in [1.54, 1.807) is 0 Å². The van der Waals surface area contributed by atoms with Crippen molar-refractivity contribution >= 4 is 46.1 Å². The number of nitrogens with one attached hydrogen (secondary N) is 1. The lowest BCUT2D eigenvalue weighted by Gasteiger charge is -2.16. The van der Waals surface area contributed by atoms with Gasteiger partial charge in [-0.05, 0) is 18.4 Å². The van der Waals surface area contributed by atoms with Gasteiger partial charge in [-0.3, -0.25) is 19.3 Å². The first kappa shape index (κ1) is 17.9. The maximum Gasteiger partial charge on any atom is 0.317 e. The molecular weight excluding hydrogens is 360 g/mol. The Labute approximate surface area is 155 Å². The molecule has 132 valence electrons. The van der Waals surface area contributed by atoms with Crippen molar-refractivity contribution in [1.29, 1.82) is 0 Å². The predicted octanol–water partition coefficient (Wildman–Crippen LogP) is 1.24. The Bertz CT molecular complexity index is 688. The zero-order chi connectivity index (χ0) is 17.9. The molecule has 25 heavy (non-hydrogen) atoms. The first-order valence-electron chi connectivity index (χ1n) is 7.99. The minimum absolute atomic E-state index is 0.0470. The van der Waals surface area contributed by atoms with E-state index in [0.29, 0.717) is 16.6 Å². The lowest BCUT2D eigenvalue weighted by atomic mass is 9.96. The molecule has 1 saturated heterocycles. The molecule has 0 aromatic heterocycles. The third-order valence-corrected chi connectivity index (χ3v) is 5.73. The van der Waals surface area contributed by atoms with Gasteiger partial charge in [0.25, 0.3) is 5.91 Å². The van der Waals surface area contributed by atoms with E-state index < -0.39 is 5.41 Å². The van der Waals surface area contributed by atoms with Gasteiger partial charge in [-0.15, -0.1) is 0 Å². The molecule has 1 saturated carbocycles. The molecule has 1 N–H and O–H groups in total. The molecule has 0 spiro atoms. The zero-order valence-corrected chi connectivity index (χ0v) is 15.2. The molecule has 0 radical (unpaired) electrons. The lowest BCUT2D eigenvalue weighted by molar-refractivity contribution is -0.151. The SMILES string of the molecule is O=C(COC(=O)C1(c2ccccc2)CC1)NCCN1C(=O)CSC1=S. The van der Waals surface area contributed by atoms with Crippen LogP contribution in [0.25, 0.3) is 0 Å². The smallest absolute Gasteiger partial charge is 0.317 e. The molecule has 1 aliphatic carbocycles. The van der Waals surface area contributed by atoms with Crippen molar-refractivity contribution in [2.75, 3.05) is 25.4 Å². The average molecular weight is 378 g/mol. The van der Waals surface area contributed by atoms with Crippen LogP contribution in [-0.4, -0.2) is 52.5 Å². The lowest BCUT2D eigenvalue weighted by Crippen LogP contribution is -2.39. The maximum atomic E-state index is 12.3. The minimum atomic E-state index is -0.590. The molecule has 1 heterocycles. The van der Waals surface area contributed by atoms with Crippen molar-refractivity contribution in [3.05, 3.63) is 35.9 Å². The van der Waals surface area contributed by atoms with Crippen LogP contribution in [0.4, 0.5) is 0 Å². The van der Waals surface area contributed by atoms with Gasteiger partial charge in [0, 0.05) is 13.1 Å². The van der Waals surface area contributed by atoms with E-state index in [1.807, 2.05) is 30.3 Å². The molecule has 0 unspecified atom stereocenters. The fourth-order valence-electron chi connectivity index (χ4n) is 2.72. The van der Waals surface area contributed by atoms with Crippen molar-refractivity contribution in [2.24, 2.45) is 0 Å². The van der Waals surface area contributed by atoms with Gasteiger partial charge in [-0.2, -0.15) is 0 Å². The van der Waals surface area contributed by atoms with Gasteiger partial charge in [-0.25, -0.2) is 0 Å². The van der Waals surface area contributed by atoms with E-state index >= 15 is 0 Å². The number of nitrogens with zero attached hydrogens (tertiary/aromatic N) is 1. The normalized spacial score (nSPS) is 18.2. The molecule has 8 heteroatoms. The number of hydrogen-bond donors (Lipinski definition) is 1. The number of hydrogen-bond acceptors (Lipinski definition) is 6. The Morgan fingerprint density at radius 1 is 1.28 bits per heavy atom. The summed E-state index contributed by atoms with van der Waals surface area (Å²) < 4.78 is 5.72. The second kappa shape index (κ2) is 7.53. The maximum absolute atomic E-state index is 12.3. The Morgan fingerprint density at radius 3 is 2.60 bits per heavy atom. The number of benzene rings is 1. The van der Waals surface area contributed by atoms with Crippen LogP contribution in [0.2, 0.25) is 0 Å². The van der Waals surface area contributed by atoms with E-state index in [-0.39, 0.29) is 30.9 Å². The number of carbonyl (C=O) groups excluding carboxylic acids is 3. The molecule has 1 aliphatic heterocycles. The van der Waals surface area contributed by atoms with Crippen LogP contribution in [-0.2, 0) is 24.5 Å². The highest BCUT2D eigenvalue weighted by atomic mass is 32.2. The summed E-state index contributed by atoms with van der Waals surface area (Å²) in [5, 5.41) is 2.64. The summed E-state index contributed by atoms with van der Waals surface area (Å²) >= 11 is 6.38. The summed E-state index contributed by atoms with van der Waals surface area (Å²) in [6, 6.07) is 9.48. The van der Waals surface area contributed by atoms with Gasteiger partial charge >= 0.3 is 5.97 Å². The number of amides is 2. The first-order chi connectivity index (χ1) is 12.0. The molecule has 0 atom stereocenters. The van der Waals surface area contributed by atoms with Crippen LogP contribution in [0.1, 0.15) is 18.4 Å². The topological polar surface area (TPSA) is 75.7 Å². The van der Waals surface area contributed by atoms with Crippen LogP contribution >= 0.6 is 24.0 Å². The van der Waals surface area contributed by atoms with Crippen LogP contribution in [0.5, 0.6) is 0 Å². The summed E-state index contributed by atoms with van der Waals surface area (Å²) in [4.78, 5) is 37.2. The van der Waals surface area contributed by atoms with Gasteiger partial charge < -0.3 is 10.1 Å². The van der Waals surface area contributed by atoms with Crippen molar-refractivity contribution in [2.45, 2.75) is 18.3 Å². The van der Waals surface area contributed by atoms with Crippen molar-refractivity contribution < 1.29 is 19.1 Å². The first-order valence-corrected chi connectivity index (χ1v) is 9.39. The molecular formula is C17H18N2O4S2. The van der Waals surface area contributed by atoms with Crippen LogP contribution in [0, 0.1) is 0 Å².